The molecule has 3 aromatic carbocycles. The van der Waals surface area contributed by atoms with Crippen molar-refractivity contribution in [3.05, 3.63) is 112 Å². The number of ether oxygens (including phenoxy) is 1. The number of non-ortho nitro benzene ring substituents is 1. The normalized spacial score (nSPS) is 12.7. The number of carbonyl (C=O) groups excluding carboxylic acids is 3. The van der Waals surface area contributed by atoms with Gasteiger partial charge in [-0.3, -0.25) is 24.5 Å². The fraction of sp³-hybridized carbons (Fsp3) is 0.250. The number of nitrogens with two attached hydrogens (primary N) is 1. The van der Waals surface area contributed by atoms with Gasteiger partial charge >= 0.3 is 5.97 Å². The number of primary amides is 1. The number of nitro benzene ring substituents is 1. The number of nitrogens with one attached hydrogen (secondary N) is 1. The maximum Gasteiger partial charge on any atom is 0.306 e. The van der Waals surface area contributed by atoms with Crippen molar-refractivity contribution in [3.8, 4) is 0 Å². The van der Waals surface area contributed by atoms with Gasteiger partial charge < -0.3 is 15.8 Å². The van der Waals surface area contributed by atoms with Crippen LogP contribution in [0.1, 0.15) is 42.9 Å². The molecule has 9 heteroatoms. The molecule has 0 aliphatic carbocycles. The molecule has 3 N–H and O–H groups in total. The third-order valence-corrected chi connectivity index (χ3v) is 6.38. The van der Waals surface area contributed by atoms with E-state index in [4.69, 9.17) is 10.5 Å². The molecule has 0 spiro atoms. The van der Waals surface area contributed by atoms with Gasteiger partial charge in [0, 0.05) is 18.1 Å². The molecule has 3 rings (SSSR count). The maximum atomic E-state index is 13.9. The largest absolute Gasteiger partial charge is 0.466 e. The lowest BCUT2D eigenvalue weighted by Crippen LogP contribution is -2.54. The van der Waals surface area contributed by atoms with Crippen molar-refractivity contribution in [2.45, 2.75) is 37.6 Å². The Hall–Kier alpha value is -4.53. The number of nitrogens with zero attached hydrogens (tertiary/aromatic N) is 1. The summed E-state index contributed by atoms with van der Waals surface area (Å²) in [5.41, 5.74) is 6.22. The lowest BCUT2D eigenvalue weighted by atomic mass is 9.75. The minimum atomic E-state index is -1.30. The number of hydrogen-bond donors (Lipinski definition) is 2. The Morgan fingerprint density at radius 2 is 1.46 bits per heavy atom. The summed E-state index contributed by atoms with van der Waals surface area (Å²) in [6.07, 6.45) is -0.271. The van der Waals surface area contributed by atoms with E-state index in [2.05, 4.69) is 5.32 Å². The Labute approximate surface area is 214 Å². The first-order chi connectivity index (χ1) is 17.7. The highest BCUT2D eigenvalue weighted by molar-refractivity contribution is 5.95. The monoisotopic (exact) mass is 503 g/mol. The molecule has 0 unspecified atom stereocenters. The Morgan fingerprint density at radius 3 is 1.89 bits per heavy atom. The van der Waals surface area contributed by atoms with E-state index in [9.17, 15) is 24.5 Å². The number of esters is 1. The highest BCUT2D eigenvalue weighted by Crippen LogP contribution is 2.34. The molecule has 3 aromatic rings. The predicted molar refractivity (Wildman–Crippen MR) is 138 cm³/mol. The first kappa shape index (κ1) is 27.1. The molecule has 0 bridgehead atoms. The lowest BCUT2D eigenvalue weighted by Gasteiger charge is -2.33. The van der Waals surface area contributed by atoms with Crippen molar-refractivity contribution >= 4 is 23.5 Å². The molecule has 0 radical (unpaired) electrons. The highest BCUT2D eigenvalue weighted by Gasteiger charge is 2.41. The molecule has 37 heavy (non-hydrogen) atoms. The lowest BCUT2D eigenvalue weighted by molar-refractivity contribution is -0.384. The molecule has 0 saturated heterocycles. The summed E-state index contributed by atoms with van der Waals surface area (Å²) >= 11 is 0. The Morgan fingerprint density at radius 1 is 0.946 bits per heavy atom. The van der Waals surface area contributed by atoms with Crippen LogP contribution in [0.5, 0.6) is 0 Å². The number of amides is 2. The van der Waals surface area contributed by atoms with Crippen LogP contribution < -0.4 is 11.1 Å². The molecule has 0 heterocycles. The van der Waals surface area contributed by atoms with Crippen LogP contribution in [0.4, 0.5) is 5.69 Å². The van der Waals surface area contributed by atoms with Gasteiger partial charge in [0.15, 0.2) is 0 Å². The second-order valence-corrected chi connectivity index (χ2v) is 8.67. The summed E-state index contributed by atoms with van der Waals surface area (Å²) in [6, 6.07) is 22.3. The summed E-state index contributed by atoms with van der Waals surface area (Å²) in [5.74, 6) is -2.87. The van der Waals surface area contributed by atoms with Gasteiger partial charge in [-0.15, -0.1) is 0 Å². The van der Waals surface area contributed by atoms with Crippen molar-refractivity contribution in [1.29, 1.82) is 0 Å². The second kappa shape index (κ2) is 11.9. The van der Waals surface area contributed by atoms with Crippen molar-refractivity contribution < 1.29 is 24.0 Å². The quantitative estimate of drug-likeness (QED) is 0.233. The standard InChI is InChI=1S/C28H29N3O6/c1-3-37-24(32)18-23(19-14-16-22(17-15-19)31(35)36)25(26(29)33)30-27(34)28(2,20-10-6-4-7-11-20)21-12-8-5-9-13-21/h4-17,23,25H,3,18H2,1-2H3,(H2,29,33)(H,30,34)/t23-,25+/m1/s1. The fourth-order valence-corrected chi connectivity index (χ4v) is 4.30. The molecular formula is C28H29N3O6. The van der Waals surface area contributed by atoms with E-state index in [0.717, 1.165) is 0 Å². The van der Waals surface area contributed by atoms with E-state index >= 15 is 0 Å². The van der Waals surface area contributed by atoms with Crippen molar-refractivity contribution in [2.24, 2.45) is 5.73 Å². The number of benzene rings is 3. The van der Waals surface area contributed by atoms with E-state index < -0.39 is 40.1 Å². The fourth-order valence-electron chi connectivity index (χ4n) is 4.30. The van der Waals surface area contributed by atoms with Gasteiger partial charge in [0.2, 0.25) is 11.8 Å². The maximum absolute atomic E-state index is 13.9. The molecule has 9 nitrogen and oxygen atoms in total. The number of rotatable bonds is 11. The molecular weight excluding hydrogens is 474 g/mol. The molecule has 2 atom stereocenters. The summed E-state index contributed by atoms with van der Waals surface area (Å²) < 4.78 is 5.08. The summed E-state index contributed by atoms with van der Waals surface area (Å²) in [6.45, 7) is 3.52. The first-order valence-corrected chi connectivity index (χ1v) is 11.8. The van der Waals surface area contributed by atoms with Crippen LogP contribution in [0.3, 0.4) is 0 Å². The van der Waals surface area contributed by atoms with Gasteiger partial charge in [0.05, 0.1) is 23.4 Å². The molecule has 0 saturated carbocycles. The number of carbonyl (C=O) groups is 3. The zero-order valence-corrected chi connectivity index (χ0v) is 20.6. The Kier molecular flexibility index (Phi) is 8.73. The third-order valence-electron chi connectivity index (χ3n) is 6.38. The van der Waals surface area contributed by atoms with Gasteiger partial charge in [-0.05, 0) is 30.5 Å². The van der Waals surface area contributed by atoms with E-state index in [1.807, 2.05) is 60.7 Å². The molecule has 0 aliphatic rings. The zero-order chi connectivity index (χ0) is 27.0. The molecule has 0 aromatic heterocycles. The number of nitro groups is 1. The molecule has 2 amide bonds. The van der Waals surface area contributed by atoms with Crippen LogP contribution in [0, 0.1) is 10.1 Å². The van der Waals surface area contributed by atoms with Crippen molar-refractivity contribution in [1.82, 2.24) is 5.32 Å². The van der Waals surface area contributed by atoms with Crippen LogP contribution in [0.25, 0.3) is 0 Å². The summed E-state index contributed by atoms with van der Waals surface area (Å²) in [5, 5.41) is 13.9. The molecule has 192 valence electrons. The smallest absolute Gasteiger partial charge is 0.306 e. The summed E-state index contributed by atoms with van der Waals surface area (Å²) in [7, 11) is 0. The number of hydrogen-bond acceptors (Lipinski definition) is 6. The highest BCUT2D eigenvalue weighted by atomic mass is 16.6. The van der Waals surface area contributed by atoms with Gasteiger partial charge in [-0.1, -0.05) is 72.8 Å². The first-order valence-electron chi connectivity index (χ1n) is 11.8. The summed E-state index contributed by atoms with van der Waals surface area (Å²) in [4.78, 5) is 49.7. The minimum absolute atomic E-state index is 0.125. The predicted octanol–water partition coefficient (Wildman–Crippen LogP) is 3.61. The Bertz CT molecular complexity index is 1210. The molecule has 0 aliphatic heterocycles. The van der Waals surface area contributed by atoms with Gasteiger partial charge in [0.25, 0.3) is 5.69 Å². The van der Waals surface area contributed by atoms with Crippen molar-refractivity contribution in [2.75, 3.05) is 6.61 Å². The van der Waals surface area contributed by atoms with Crippen LogP contribution in [0.15, 0.2) is 84.9 Å². The van der Waals surface area contributed by atoms with Crippen molar-refractivity contribution in [3.63, 3.8) is 0 Å². The zero-order valence-electron chi connectivity index (χ0n) is 20.6. The van der Waals surface area contributed by atoms with Crippen LogP contribution in [-0.2, 0) is 24.5 Å². The van der Waals surface area contributed by atoms with Crippen LogP contribution in [0.2, 0.25) is 0 Å². The van der Waals surface area contributed by atoms with E-state index in [1.165, 1.54) is 24.3 Å². The minimum Gasteiger partial charge on any atom is -0.466 e. The van der Waals surface area contributed by atoms with Gasteiger partial charge in [0.1, 0.15) is 6.04 Å². The van der Waals surface area contributed by atoms with E-state index in [-0.39, 0.29) is 18.7 Å². The van der Waals surface area contributed by atoms with E-state index in [1.54, 1.807) is 13.8 Å². The van der Waals surface area contributed by atoms with Crippen LogP contribution >= 0.6 is 0 Å². The topological polar surface area (TPSA) is 142 Å². The Balaban J connectivity index is 2.05. The third kappa shape index (κ3) is 6.19. The SMILES string of the molecule is CCOC(=O)C[C@H](c1ccc([N+](=O)[O-])cc1)[C@H](NC(=O)C(C)(c1ccccc1)c1ccccc1)C(N)=O. The van der Waals surface area contributed by atoms with Gasteiger partial charge in [-0.2, -0.15) is 0 Å². The molecule has 0 fully saturated rings. The van der Waals surface area contributed by atoms with Gasteiger partial charge in [-0.25, -0.2) is 0 Å². The average Bonchev–Trinajstić information content (AvgIpc) is 2.91. The van der Waals surface area contributed by atoms with E-state index in [0.29, 0.717) is 16.7 Å². The second-order valence-electron chi connectivity index (χ2n) is 8.67. The van der Waals surface area contributed by atoms with Crippen LogP contribution in [-0.4, -0.2) is 35.4 Å². The average molecular weight is 504 g/mol.